The van der Waals surface area contributed by atoms with Crippen LogP contribution in [-0.4, -0.2) is 107 Å². The van der Waals surface area contributed by atoms with Crippen molar-refractivity contribution in [1.29, 1.82) is 0 Å². The summed E-state index contributed by atoms with van der Waals surface area (Å²) in [4.78, 5) is 13.0. The predicted octanol–water partition coefficient (Wildman–Crippen LogP) is 4.79. The van der Waals surface area contributed by atoms with Crippen LogP contribution < -0.4 is 5.32 Å². The maximum Gasteiger partial charge on any atom is 0.397 e. The van der Waals surface area contributed by atoms with E-state index in [0.717, 1.165) is 38.5 Å². The third-order valence-electron chi connectivity index (χ3n) is 9.09. The molecular formula is C37H69NO12S. The highest BCUT2D eigenvalue weighted by molar-refractivity contribution is 7.80. The van der Waals surface area contributed by atoms with Crippen LogP contribution in [0.1, 0.15) is 142 Å². The molecule has 51 heavy (non-hydrogen) atoms. The van der Waals surface area contributed by atoms with Crippen molar-refractivity contribution in [2.45, 2.75) is 191 Å². The second kappa shape index (κ2) is 29.0. The number of amides is 1. The molecule has 0 spiro atoms. The number of ether oxygens (including phenoxy) is 2. The third kappa shape index (κ3) is 22.4. The van der Waals surface area contributed by atoms with Gasteiger partial charge in [0.2, 0.25) is 5.91 Å². The summed E-state index contributed by atoms with van der Waals surface area (Å²) in [6.07, 6.45) is 17.2. The van der Waals surface area contributed by atoms with Crippen molar-refractivity contribution in [3.05, 3.63) is 24.3 Å². The van der Waals surface area contributed by atoms with Crippen molar-refractivity contribution < 1.29 is 57.0 Å². The first-order valence-corrected chi connectivity index (χ1v) is 20.7. The lowest BCUT2D eigenvalue weighted by Crippen LogP contribution is -2.61. The first-order chi connectivity index (χ1) is 24.4. The molecule has 1 aliphatic rings. The Morgan fingerprint density at radius 1 is 0.784 bits per heavy atom. The average Bonchev–Trinajstić information content (AvgIpc) is 3.09. The molecule has 0 saturated carbocycles. The van der Waals surface area contributed by atoms with Crippen LogP contribution in [0.5, 0.6) is 0 Å². The highest BCUT2D eigenvalue weighted by atomic mass is 32.3. The van der Waals surface area contributed by atoms with Gasteiger partial charge in [-0.2, -0.15) is 8.42 Å². The molecular weight excluding hydrogens is 682 g/mol. The highest BCUT2D eigenvalue weighted by Crippen LogP contribution is 2.26. The molecule has 8 atom stereocenters. The van der Waals surface area contributed by atoms with E-state index in [4.69, 9.17) is 14.0 Å². The number of unbranched alkanes of at least 4 members (excludes halogenated alkanes) is 16. The van der Waals surface area contributed by atoms with Crippen LogP contribution >= 0.6 is 0 Å². The maximum absolute atomic E-state index is 13.0. The average molecular weight is 752 g/mol. The van der Waals surface area contributed by atoms with Crippen LogP contribution in [0, 0.1) is 0 Å². The first-order valence-electron chi connectivity index (χ1n) is 19.3. The van der Waals surface area contributed by atoms with Crippen molar-refractivity contribution in [2.75, 3.05) is 13.2 Å². The zero-order valence-corrected chi connectivity index (χ0v) is 31.8. The van der Waals surface area contributed by atoms with E-state index >= 15 is 0 Å². The molecule has 13 nitrogen and oxygen atoms in total. The van der Waals surface area contributed by atoms with E-state index in [1.165, 1.54) is 76.7 Å². The Morgan fingerprint density at radius 2 is 1.31 bits per heavy atom. The Morgan fingerprint density at radius 3 is 1.88 bits per heavy atom. The Labute approximate surface area is 306 Å². The number of aliphatic hydroxyl groups excluding tert-OH is 5. The molecule has 1 rings (SSSR count). The quantitative estimate of drug-likeness (QED) is 0.0290. The number of allylic oxidation sites excluding steroid dienone is 3. The summed E-state index contributed by atoms with van der Waals surface area (Å²) in [6, 6.07) is -1.13. The second-order valence-electron chi connectivity index (χ2n) is 13.7. The Balaban J connectivity index is 2.75. The van der Waals surface area contributed by atoms with Gasteiger partial charge in [-0.3, -0.25) is 9.35 Å². The molecule has 14 heteroatoms. The molecule has 0 bridgehead atoms. The first kappa shape index (κ1) is 47.6. The summed E-state index contributed by atoms with van der Waals surface area (Å²) in [7, 11) is -5.11. The van der Waals surface area contributed by atoms with Crippen molar-refractivity contribution >= 4 is 16.3 Å². The number of hydrogen-bond donors (Lipinski definition) is 7. The lowest BCUT2D eigenvalue weighted by molar-refractivity contribution is -0.298. The molecule has 1 fully saturated rings. The van der Waals surface area contributed by atoms with Gasteiger partial charge < -0.3 is 40.3 Å². The van der Waals surface area contributed by atoms with Gasteiger partial charge in [-0.25, -0.2) is 4.18 Å². The molecule has 0 aromatic heterocycles. The van der Waals surface area contributed by atoms with Crippen LogP contribution in [0.3, 0.4) is 0 Å². The van der Waals surface area contributed by atoms with Crippen LogP contribution in [0.15, 0.2) is 24.3 Å². The molecule has 7 N–H and O–H groups in total. The number of nitrogens with one attached hydrogen (secondary N) is 1. The summed E-state index contributed by atoms with van der Waals surface area (Å²) in [6.45, 7) is 3.11. The number of rotatable bonds is 31. The van der Waals surface area contributed by atoms with Crippen molar-refractivity contribution in [1.82, 2.24) is 5.32 Å². The molecule has 0 aromatic carbocycles. The largest absolute Gasteiger partial charge is 0.397 e. The molecule has 1 saturated heterocycles. The fraction of sp³-hybridized carbons (Fsp3) is 0.865. The highest BCUT2D eigenvalue weighted by Gasteiger charge is 2.48. The third-order valence-corrected chi connectivity index (χ3v) is 9.56. The minimum Gasteiger partial charge on any atom is -0.394 e. The van der Waals surface area contributed by atoms with Gasteiger partial charge in [0.25, 0.3) is 0 Å². The number of carbonyl (C=O) groups excluding carboxylic acids is 1. The van der Waals surface area contributed by atoms with Crippen LogP contribution in [-0.2, 0) is 28.9 Å². The molecule has 300 valence electrons. The standard InChI is InChI=1S/C37H69NO12S/c1-3-5-7-9-11-13-14-15-16-18-19-21-23-25-30(40)29(38-36(44)31(41)26-24-22-20-17-12-10-8-6-4-2)28-48-37-34(43)35(50-51(45,46)47)33(42)32(27-39)49-37/h16,18,23,25,29-35,37,39-43H,3-15,17,19-22,24,26-28H2,1-2H3,(H,38,44)(H,45,46,47)/b18-16+,25-23+. The molecule has 8 unspecified atom stereocenters. The normalized spacial score (nSPS) is 23.2. The molecule has 1 amide bonds. The minimum absolute atomic E-state index is 0.238. The number of carbonyl (C=O) groups is 1. The van der Waals surface area contributed by atoms with Gasteiger partial charge in [0.15, 0.2) is 6.29 Å². The Hall–Kier alpha value is -1.46. The summed E-state index contributed by atoms with van der Waals surface area (Å²) in [5.74, 6) is -0.717. The molecule has 0 aromatic rings. The lowest BCUT2D eigenvalue weighted by Gasteiger charge is -2.41. The van der Waals surface area contributed by atoms with Gasteiger partial charge in [0.1, 0.15) is 30.5 Å². The number of hydrogen-bond acceptors (Lipinski definition) is 11. The van der Waals surface area contributed by atoms with Crippen molar-refractivity contribution in [3.8, 4) is 0 Å². The SMILES string of the molecule is CCCCCCCCC/C=C/CC/C=C/C(O)C(COC1OC(CO)C(O)C(OS(=O)(=O)O)C1O)NC(=O)C(O)CCCCCCCCCCC. The van der Waals surface area contributed by atoms with E-state index in [1.807, 2.05) is 0 Å². The van der Waals surface area contributed by atoms with Crippen LogP contribution in [0.25, 0.3) is 0 Å². The van der Waals surface area contributed by atoms with Gasteiger partial charge in [0, 0.05) is 0 Å². The van der Waals surface area contributed by atoms with E-state index in [1.54, 1.807) is 6.08 Å². The van der Waals surface area contributed by atoms with Gasteiger partial charge in [-0.05, 0) is 32.1 Å². The summed E-state index contributed by atoms with van der Waals surface area (Å²) in [5, 5.41) is 54.7. The van der Waals surface area contributed by atoms with Gasteiger partial charge >= 0.3 is 10.4 Å². The number of aliphatic hydroxyl groups is 5. The lowest BCUT2D eigenvalue weighted by atomic mass is 9.99. The molecule has 0 radical (unpaired) electrons. The zero-order chi connectivity index (χ0) is 37.9. The maximum atomic E-state index is 13.0. The fourth-order valence-corrected chi connectivity index (χ4v) is 6.45. The smallest absolute Gasteiger partial charge is 0.394 e. The summed E-state index contributed by atoms with van der Waals surface area (Å²) >= 11 is 0. The Kier molecular flexibility index (Phi) is 27.0. The predicted molar refractivity (Wildman–Crippen MR) is 196 cm³/mol. The Bertz CT molecular complexity index is 1040. The van der Waals surface area contributed by atoms with Crippen LogP contribution in [0.4, 0.5) is 0 Å². The minimum atomic E-state index is -5.11. The van der Waals surface area contributed by atoms with E-state index in [9.17, 15) is 38.7 Å². The monoisotopic (exact) mass is 751 g/mol. The molecule has 1 aliphatic heterocycles. The molecule has 0 aliphatic carbocycles. The fourth-order valence-electron chi connectivity index (χ4n) is 5.94. The van der Waals surface area contributed by atoms with E-state index in [2.05, 4.69) is 35.5 Å². The van der Waals surface area contributed by atoms with Gasteiger partial charge in [-0.1, -0.05) is 134 Å². The van der Waals surface area contributed by atoms with E-state index in [-0.39, 0.29) is 6.42 Å². The summed E-state index contributed by atoms with van der Waals surface area (Å²) < 4.78 is 47.2. The van der Waals surface area contributed by atoms with E-state index < -0.39 is 78.5 Å². The molecule has 1 heterocycles. The van der Waals surface area contributed by atoms with Gasteiger partial charge in [-0.15, -0.1) is 0 Å². The van der Waals surface area contributed by atoms with Crippen LogP contribution in [0.2, 0.25) is 0 Å². The summed E-state index contributed by atoms with van der Waals surface area (Å²) in [5.41, 5.74) is 0. The van der Waals surface area contributed by atoms with Crippen molar-refractivity contribution in [3.63, 3.8) is 0 Å². The second-order valence-corrected chi connectivity index (χ2v) is 14.7. The van der Waals surface area contributed by atoms with Crippen molar-refractivity contribution in [2.24, 2.45) is 0 Å². The zero-order valence-electron chi connectivity index (χ0n) is 31.0. The van der Waals surface area contributed by atoms with Gasteiger partial charge in [0.05, 0.1) is 25.4 Å². The topological polar surface area (TPSA) is 212 Å². The van der Waals surface area contributed by atoms with E-state index in [0.29, 0.717) is 12.8 Å².